The second-order valence-corrected chi connectivity index (χ2v) is 4.79. The summed E-state index contributed by atoms with van der Waals surface area (Å²) < 4.78 is 7.70. The predicted octanol–water partition coefficient (Wildman–Crippen LogP) is 2.12. The maximum atomic E-state index is 5.59. The number of hydrogen-bond donors (Lipinski definition) is 1. The molecule has 2 heterocycles. The Morgan fingerprint density at radius 3 is 3.24 bits per heavy atom. The fraction of sp³-hybridized carbons (Fsp3) is 0.769. The largest absolute Gasteiger partial charge is 0.377 e. The maximum absolute atomic E-state index is 5.59. The van der Waals surface area contributed by atoms with Crippen molar-refractivity contribution in [1.29, 1.82) is 0 Å². The van der Waals surface area contributed by atoms with Gasteiger partial charge in [-0.1, -0.05) is 6.92 Å². The molecule has 96 valence electrons. The highest BCUT2D eigenvalue weighted by molar-refractivity contribution is 5.01. The Labute approximate surface area is 103 Å². The van der Waals surface area contributed by atoms with E-state index >= 15 is 0 Å². The molecular weight excluding hydrogens is 214 g/mol. The highest BCUT2D eigenvalue weighted by Crippen LogP contribution is 2.13. The van der Waals surface area contributed by atoms with Gasteiger partial charge in [-0.05, 0) is 32.3 Å². The summed E-state index contributed by atoms with van der Waals surface area (Å²) >= 11 is 0. The molecule has 0 aliphatic carbocycles. The van der Waals surface area contributed by atoms with Gasteiger partial charge in [0.1, 0.15) is 0 Å². The van der Waals surface area contributed by atoms with E-state index in [9.17, 15) is 0 Å². The molecule has 2 rings (SSSR count). The summed E-state index contributed by atoms with van der Waals surface area (Å²) in [5.41, 5.74) is 1.26. The van der Waals surface area contributed by atoms with E-state index in [4.69, 9.17) is 4.74 Å². The average Bonchev–Trinajstić information content (AvgIpc) is 2.99. The normalized spacial score (nSPS) is 21.9. The highest BCUT2D eigenvalue weighted by Gasteiger charge is 2.15. The van der Waals surface area contributed by atoms with Crippen molar-refractivity contribution < 1.29 is 4.74 Å². The minimum Gasteiger partial charge on any atom is -0.377 e. The molecule has 0 aromatic carbocycles. The van der Waals surface area contributed by atoms with Gasteiger partial charge in [-0.3, -0.25) is 4.68 Å². The molecule has 1 saturated heterocycles. The zero-order valence-corrected chi connectivity index (χ0v) is 10.9. The van der Waals surface area contributed by atoms with E-state index in [-0.39, 0.29) is 0 Å². The van der Waals surface area contributed by atoms with Crippen molar-refractivity contribution in [1.82, 2.24) is 15.1 Å². The zero-order chi connectivity index (χ0) is 12.1. The van der Waals surface area contributed by atoms with E-state index in [1.165, 1.54) is 18.5 Å². The van der Waals surface area contributed by atoms with Crippen LogP contribution >= 0.6 is 0 Å². The smallest absolute Gasteiger partial charge is 0.0700 e. The van der Waals surface area contributed by atoms with E-state index in [1.807, 2.05) is 6.20 Å². The SMILES string of the molecule is CC[C@H](C)n1nccc1CNC[C@@H]1CCCO1. The zero-order valence-electron chi connectivity index (χ0n) is 10.9. The van der Waals surface area contributed by atoms with Crippen LogP contribution in [0.3, 0.4) is 0 Å². The van der Waals surface area contributed by atoms with Gasteiger partial charge in [0.25, 0.3) is 0 Å². The molecule has 2 atom stereocenters. The van der Waals surface area contributed by atoms with Crippen LogP contribution in [0.15, 0.2) is 12.3 Å². The Kier molecular flexibility index (Phi) is 4.57. The molecule has 1 aromatic heterocycles. The number of rotatable bonds is 6. The third-order valence-electron chi connectivity index (χ3n) is 3.46. The number of nitrogens with zero attached hydrogens (tertiary/aromatic N) is 2. The number of ether oxygens (including phenoxy) is 1. The topological polar surface area (TPSA) is 39.1 Å². The van der Waals surface area contributed by atoms with Gasteiger partial charge in [-0.15, -0.1) is 0 Å². The highest BCUT2D eigenvalue weighted by atomic mass is 16.5. The van der Waals surface area contributed by atoms with Crippen molar-refractivity contribution in [2.75, 3.05) is 13.2 Å². The molecule has 1 N–H and O–H groups in total. The molecule has 1 aliphatic heterocycles. The van der Waals surface area contributed by atoms with Crippen LogP contribution in [0.5, 0.6) is 0 Å². The second-order valence-electron chi connectivity index (χ2n) is 4.79. The summed E-state index contributed by atoms with van der Waals surface area (Å²) in [6, 6.07) is 2.57. The molecule has 4 heteroatoms. The van der Waals surface area contributed by atoms with Crippen LogP contribution in [0.2, 0.25) is 0 Å². The van der Waals surface area contributed by atoms with Gasteiger partial charge in [0.05, 0.1) is 11.8 Å². The molecule has 0 bridgehead atoms. The summed E-state index contributed by atoms with van der Waals surface area (Å²) in [6.45, 7) is 7.15. The summed E-state index contributed by atoms with van der Waals surface area (Å²) in [7, 11) is 0. The van der Waals surface area contributed by atoms with Gasteiger partial charge in [-0.25, -0.2) is 0 Å². The quantitative estimate of drug-likeness (QED) is 0.823. The molecule has 17 heavy (non-hydrogen) atoms. The van der Waals surface area contributed by atoms with Crippen molar-refractivity contribution >= 4 is 0 Å². The van der Waals surface area contributed by atoms with Gasteiger partial charge < -0.3 is 10.1 Å². The molecule has 0 amide bonds. The van der Waals surface area contributed by atoms with E-state index in [1.54, 1.807) is 0 Å². The van der Waals surface area contributed by atoms with Crippen molar-refractivity contribution in [2.24, 2.45) is 0 Å². The van der Waals surface area contributed by atoms with Gasteiger partial charge in [0.15, 0.2) is 0 Å². The predicted molar refractivity (Wildman–Crippen MR) is 67.9 cm³/mol. The Hall–Kier alpha value is -0.870. The van der Waals surface area contributed by atoms with Gasteiger partial charge >= 0.3 is 0 Å². The minimum absolute atomic E-state index is 0.412. The van der Waals surface area contributed by atoms with E-state index in [0.29, 0.717) is 12.1 Å². The standard InChI is InChI=1S/C13H23N3O/c1-3-11(2)16-12(6-7-15-16)9-14-10-13-5-4-8-17-13/h6-7,11,13-14H,3-5,8-10H2,1-2H3/t11-,13-/m0/s1. The molecule has 0 spiro atoms. The summed E-state index contributed by atoms with van der Waals surface area (Å²) in [4.78, 5) is 0. The molecule has 4 nitrogen and oxygen atoms in total. The van der Waals surface area contributed by atoms with Crippen LogP contribution < -0.4 is 5.32 Å². The Bertz CT molecular complexity index is 331. The molecule has 1 aliphatic rings. The van der Waals surface area contributed by atoms with Gasteiger partial charge in [0, 0.05) is 31.9 Å². The first-order valence-electron chi connectivity index (χ1n) is 6.66. The first kappa shape index (κ1) is 12.6. The van der Waals surface area contributed by atoms with Crippen molar-refractivity contribution in [2.45, 2.75) is 51.8 Å². The summed E-state index contributed by atoms with van der Waals surface area (Å²) in [5.74, 6) is 0. The Morgan fingerprint density at radius 1 is 1.65 bits per heavy atom. The number of nitrogens with one attached hydrogen (secondary N) is 1. The second kappa shape index (κ2) is 6.17. The summed E-state index contributed by atoms with van der Waals surface area (Å²) in [6.07, 6.45) is 5.81. The Balaban J connectivity index is 1.79. The van der Waals surface area contributed by atoms with Crippen LogP contribution in [0.1, 0.15) is 44.8 Å². The number of hydrogen-bond acceptors (Lipinski definition) is 3. The monoisotopic (exact) mass is 237 g/mol. The van der Waals surface area contributed by atoms with Crippen molar-refractivity contribution in [3.8, 4) is 0 Å². The first-order chi connectivity index (χ1) is 8.31. The lowest BCUT2D eigenvalue weighted by atomic mass is 10.2. The molecular formula is C13H23N3O. The van der Waals surface area contributed by atoms with E-state index in [2.05, 4.69) is 35.0 Å². The van der Waals surface area contributed by atoms with Crippen LogP contribution in [0, 0.1) is 0 Å². The minimum atomic E-state index is 0.412. The molecule has 1 aromatic rings. The van der Waals surface area contributed by atoms with Crippen LogP contribution in [-0.2, 0) is 11.3 Å². The molecule has 0 unspecified atom stereocenters. The maximum Gasteiger partial charge on any atom is 0.0700 e. The lowest BCUT2D eigenvalue weighted by Gasteiger charge is -2.15. The van der Waals surface area contributed by atoms with E-state index in [0.717, 1.165) is 26.1 Å². The third-order valence-corrected chi connectivity index (χ3v) is 3.46. The lowest BCUT2D eigenvalue weighted by molar-refractivity contribution is 0.109. The molecule has 0 saturated carbocycles. The van der Waals surface area contributed by atoms with Gasteiger partial charge in [0.2, 0.25) is 0 Å². The third kappa shape index (κ3) is 3.30. The molecule has 1 fully saturated rings. The summed E-state index contributed by atoms with van der Waals surface area (Å²) in [5, 5.41) is 7.85. The van der Waals surface area contributed by atoms with Crippen molar-refractivity contribution in [3.63, 3.8) is 0 Å². The fourth-order valence-corrected chi connectivity index (χ4v) is 2.22. The first-order valence-corrected chi connectivity index (χ1v) is 6.66. The molecule has 0 radical (unpaired) electrons. The fourth-order valence-electron chi connectivity index (χ4n) is 2.22. The van der Waals surface area contributed by atoms with Crippen molar-refractivity contribution in [3.05, 3.63) is 18.0 Å². The average molecular weight is 237 g/mol. The van der Waals surface area contributed by atoms with Crippen LogP contribution in [0.4, 0.5) is 0 Å². The van der Waals surface area contributed by atoms with E-state index < -0.39 is 0 Å². The van der Waals surface area contributed by atoms with Gasteiger partial charge in [-0.2, -0.15) is 5.10 Å². The number of aromatic nitrogens is 2. The Morgan fingerprint density at radius 2 is 2.53 bits per heavy atom. The lowest BCUT2D eigenvalue weighted by Crippen LogP contribution is -2.27. The van der Waals surface area contributed by atoms with Crippen LogP contribution in [-0.4, -0.2) is 29.0 Å². The van der Waals surface area contributed by atoms with Crippen LogP contribution in [0.25, 0.3) is 0 Å².